The number of fused-ring (bicyclic) bond motifs is 2. The van der Waals surface area contributed by atoms with Crippen LogP contribution in [0.3, 0.4) is 0 Å². The van der Waals surface area contributed by atoms with E-state index < -0.39 is 4.87 Å². The first-order valence-electron chi connectivity index (χ1n) is 10.2. The molecule has 3 aromatic rings. The van der Waals surface area contributed by atoms with Crippen LogP contribution in [0.1, 0.15) is 23.6 Å². The summed E-state index contributed by atoms with van der Waals surface area (Å²) in [5, 5.41) is 0. The minimum atomic E-state index is -1.05. The Hall–Kier alpha value is -3.05. The van der Waals surface area contributed by atoms with Crippen molar-refractivity contribution in [3.8, 4) is 0 Å². The zero-order valence-corrected chi connectivity index (χ0v) is 17.6. The third-order valence-electron chi connectivity index (χ3n) is 5.82. The van der Waals surface area contributed by atoms with E-state index in [9.17, 15) is 9.59 Å². The maximum Gasteiger partial charge on any atom is 0.269 e. The zero-order valence-electron chi connectivity index (χ0n) is 16.7. The molecular weight excluding hydrogens is 392 g/mol. The van der Waals surface area contributed by atoms with Gasteiger partial charge in [-0.3, -0.25) is 14.5 Å². The molecule has 5 heteroatoms. The number of nitrogens with zero attached hydrogens (tertiary/aromatic N) is 2. The number of rotatable bonds is 4. The molecule has 3 aromatic carbocycles. The lowest BCUT2D eigenvalue weighted by molar-refractivity contribution is -0.123. The van der Waals surface area contributed by atoms with Crippen LogP contribution < -0.4 is 9.80 Å². The first kappa shape index (κ1) is 18.9. The molecule has 4 nitrogen and oxygen atoms in total. The van der Waals surface area contributed by atoms with Gasteiger partial charge in [0.05, 0.1) is 18.0 Å². The average Bonchev–Trinajstić information content (AvgIpc) is 3.26. The van der Waals surface area contributed by atoms with E-state index in [-0.39, 0.29) is 17.6 Å². The predicted molar refractivity (Wildman–Crippen MR) is 122 cm³/mol. The third-order valence-corrected chi connectivity index (χ3v) is 7.21. The topological polar surface area (TPSA) is 40.6 Å². The number of aryl methyl sites for hydroxylation is 1. The number of anilines is 2. The highest BCUT2D eigenvalue weighted by molar-refractivity contribution is 8.02. The van der Waals surface area contributed by atoms with Crippen LogP contribution in [0.15, 0.2) is 78.9 Å². The van der Waals surface area contributed by atoms with E-state index in [4.69, 9.17) is 0 Å². The van der Waals surface area contributed by atoms with Gasteiger partial charge in [0.15, 0.2) is 0 Å². The normalized spacial score (nSPS) is 20.3. The molecule has 30 heavy (non-hydrogen) atoms. The van der Waals surface area contributed by atoms with Gasteiger partial charge >= 0.3 is 0 Å². The van der Waals surface area contributed by atoms with Crippen molar-refractivity contribution in [3.05, 3.63) is 95.6 Å². The van der Waals surface area contributed by atoms with E-state index in [2.05, 4.69) is 13.0 Å². The monoisotopic (exact) mass is 414 g/mol. The van der Waals surface area contributed by atoms with Gasteiger partial charge in [0.1, 0.15) is 0 Å². The molecule has 1 saturated heterocycles. The Morgan fingerprint density at radius 1 is 0.900 bits per heavy atom. The third kappa shape index (κ3) is 2.76. The van der Waals surface area contributed by atoms with Crippen LogP contribution in [-0.2, 0) is 27.4 Å². The number of amides is 2. The van der Waals surface area contributed by atoms with Crippen LogP contribution in [0.25, 0.3) is 0 Å². The Labute approximate surface area is 180 Å². The van der Waals surface area contributed by atoms with Crippen molar-refractivity contribution in [2.75, 3.05) is 15.6 Å². The van der Waals surface area contributed by atoms with E-state index >= 15 is 0 Å². The summed E-state index contributed by atoms with van der Waals surface area (Å²) in [4.78, 5) is 29.6. The van der Waals surface area contributed by atoms with Crippen LogP contribution in [0, 0.1) is 0 Å². The standard InChI is InChI=1S/C25H22N2O2S/c1-2-18-11-8-12-20(15-18)27-23(28)17-30-25(27)21-13-6-7-14-22(21)26(24(25)29)16-19-9-4-3-5-10-19/h3-15H,2,16-17H2,1H3/t25-/m0/s1. The van der Waals surface area contributed by atoms with Crippen molar-refractivity contribution in [1.29, 1.82) is 0 Å². The summed E-state index contributed by atoms with van der Waals surface area (Å²) in [6.07, 6.45) is 0.876. The Kier molecular flexibility index (Phi) is 4.63. The lowest BCUT2D eigenvalue weighted by Crippen LogP contribution is -2.49. The first-order valence-corrected chi connectivity index (χ1v) is 11.1. The van der Waals surface area contributed by atoms with Crippen molar-refractivity contribution >= 4 is 35.0 Å². The number of hydrogen-bond acceptors (Lipinski definition) is 3. The van der Waals surface area contributed by atoms with Gasteiger partial charge in [0, 0.05) is 11.3 Å². The van der Waals surface area contributed by atoms with E-state index in [0.717, 1.165) is 34.5 Å². The van der Waals surface area contributed by atoms with Crippen molar-refractivity contribution in [2.45, 2.75) is 24.8 Å². The largest absolute Gasteiger partial charge is 0.304 e. The first-order chi connectivity index (χ1) is 14.6. The molecule has 2 aliphatic heterocycles. The highest BCUT2D eigenvalue weighted by Gasteiger charge is 2.60. The molecule has 0 aliphatic carbocycles. The second-order valence-electron chi connectivity index (χ2n) is 7.58. The minimum Gasteiger partial charge on any atom is -0.304 e. The highest BCUT2D eigenvalue weighted by atomic mass is 32.2. The lowest BCUT2D eigenvalue weighted by Gasteiger charge is -2.33. The number of thioether (sulfide) groups is 1. The number of para-hydroxylation sites is 1. The fraction of sp³-hybridized carbons (Fsp3) is 0.200. The summed E-state index contributed by atoms with van der Waals surface area (Å²) < 4.78 is 0. The molecule has 0 bridgehead atoms. The van der Waals surface area contributed by atoms with Crippen molar-refractivity contribution in [1.82, 2.24) is 0 Å². The number of carbonyl (C=O) groups excluding carboxylic acids is 2. The van der Waals surface area contributed by atoms with E-state index in [0.29, 0.717) is 6.54 Å². The van der Waals surface area contributed by atoms with Crippen LogP contribution in [0.5, 0.6) is 0 Å². The molecule has 1 spiro atoms. The summed E-state index contributed by atoms with van der Waals surface area (Å²) in [5.74, 6) is 0.207. The zero-order chi connectivity index (χ0) is 20.7. The van der Waals surface area contributed by atoms with Gasteiger partial charge in [0.2, 0.25) is 10.8 Å². The van der Waals surface area contributed by atoms with Gasteiger partial charge in [0.25, 0.3) is 5.91 Å². The maximum absolute atomic E-state index is 14.0. The summed E-state index contributed by atoms with van der Waals surface area (Å²) in [5.41, 5.74) is 4.77. The van der Waals surface area contributed by atoms with Gasteiger partial charge in [-0.05, 0) is 35.7 Å². The molecule has 5 rings (SSSR count). The fourth-order valence-electron chi connectivity index (χ4n) is 4.39. The quantitative estimate of drug-likeness (QED) is 0.620. The smallest absolute Gasteiger partial charge is 0.269 e. The molecule has 0 radical (unpaired) electrons. The van der Waals surface area contributed by atoms with Crippen LogP contribution in [-0.4, -0.2) is 17.6 Å². The number of benzene rings is 3. The summed E-state index contributed by atoms with van der Waals surface area (Å²) in [6, 6.07) is 25.8. The van der Waals surface area contributed by atoms with Gasteiger partial charge in [-0.25, -0.2) is 0 Å². The molecule has 150 valence electrons. The second-order valence-corrected chi connectivity index (χ2v) is 8.75. The van der Waals surface area contributed by atoms with Crippen molar-refractivity contribution in [2.24, 2.45) is 0 Å². The summed E-state index contributed by atoms with van der Waals surface area (Å²) in [7, 11) is 0. The Morgan fingerprint density at radius 2 is 1.63 bits per heavy atom. The molecule has 0 N–H and O–H groups in total. The Morgan fingerprint density at radius 3 is 2.43 bits per heavy atom. The molecule has 0 aromatic heterocycles. The minimum absolute atomic E-state index is 0.0297. The molecule has 1 fully saturated rings. The van der Waals surface area contributed by atoms with Crippen LogP contribution >= 0.6 is 11.8 Å². The van der Waals surface area contributed by atoms with Crippen molar-refractivity contribution in [3.63, 3.8) is 0 Å². The summed E-state index contributed by atoms with van der Waals surface area (Å²) >= 11 is 1.43. The van der Waals surface area contributed by atoms with Gasteiger partial charge in [-0.1, -0.05) is 67.6 Å². The lowest BCUT2D eigenvalue weighted by atomic mass is 10.0. The Bertz CT molecular complexity index is 1130. The van der Waals surface area contributed by atoms with E-state index in [1.54, 1.807) is 4.90 Å². The van der Waals surface area contributed by atoms with Crippen LogP contribution in [0.2, 0.25) is 0 Å². The Balaban J connectivity index is 1.65. The molecule has 0 unspecified atom stereocenters. The fourth-order valence-corrected chi connectivity index (χ4v) is 5.75. The van der Waals surface area contributed by atoms with E-state index in [1.165, 1.54) is 11.8 Å². The summed E-state index contributed by atoms with van der Waals surface area (Å²) in [6.45, 7) is 2.57. The molecule has 2 heterocycles. The molecule has 0 saturated carbocycles. The molecule has 2 amide bonds. The van der Waals surface area contributed by atoms with Gasteiger partial charge in [-0.2, -0.15) is 0 Å². The second kappa shape index (κ2) is 7.33. The average molecular weight is 415 g/mol. The molecule has 1 atom stereocenters. The van der Waals surface area contributed by atoms with E-state index in [1.807, 2.05) is 77.7 Å². The van der Waals surface area contributed by atoms with Gasteiger partial charge < -0.3 is 4.90 Å². The van der Waals surface area contributed by atoms with Gasteiger partial charge in [-0.15, -0.1) is 11.8 Å². The molecule has 2 aliphatic rings. The predicted octanol–water partition coefficient (Wildman–Crippen LogP) is 4.73. The highest BCUT2D eigenvalue weighted by Crippen LogP contribution is 2.55. The maximum atomic E-state index is 14.0. The van der Waals surface area contributed by atoms with Crippen molar-refractivity contribution < 1.29 is 9.59 Å². The molecular formula is C25H22N2O2S. The SMILES string of the molecule is CCc1cccc(N2C(=O)CS[C@@]23C(=O)N(Cc2ccccc2)c2ccccc23)c1. The van der Waals surface area contributed by atoms with Crippen LogP contribution in [0.4, 0.5) is 11.4 Å². The number of carbonyl (C=O) groups is 2. The number of hydrogen-bond donors (Lipinski definition) is 0.